The first-order valence-electron chi connectivity index (χ1n) is 7.55. The third-order valence-corrected chi connectivity index (χ3v) is 4.34. The number of rotatable bonds is 4. The number of morpholine rings is 1. The number of aromatic nitrogens is 2. The van der Waals surface area contributed by atoms with Gasteiger partial charge in [0, 0.05) is 23.4 Å². The minimum Gasteiger partial charge on any atom is -0.375 e. The highest BCUT2D eigenvalue weighted by molar-refractivity contribution is 9.10. The van der Waals surface area contributed by atoms with Gasteiger partial charge in [-0.2, -0.15) is 0 Å². The fraction of sp³-hybridized carbons (Fsp3) is 0.375. The first-order valence-corrected chi connectivity index (χ1v) is 8.34. The molecule has 2 N–H and O–H groups in total. The molecule has 1 saturated heterocycles. The van der Waals surface area contributed by atoms with Crippen molar-refractivity contribution in [3.63, 3.8) is 0 Å². The van der Waals surface area contributed by atoms with Crippen LogP contribution in [0.15, 0.2) is 41.1 Å². The van der Waals surface area contributed by atoms with Crippen LogP contribution in [0, 0.1) is 0 Å². The van der Waals surface area contributed by atoms with E-state index >= 15 is 0 Å². The Morgan fingerprint density at radius 2 is 2.21 bits per heavy atom. The highest BCUT2D eigenvalue weighted by Crippen LogP contribution is 2.14. The summed E-state index contributed by atoms with van der Waals surface area (Å²) < 4.78 is 8.46. The lowest BCUT2D eigenvalue weighted by Gasteiger charge is -2.29. The summed E-state index contributed by atoms with van der Waals surface area (Å²) in [5, 5.41) is 6.06. The molecule has 0 bridgehead atoms. The molecule has 24 heavy (non-hydrogen) atoms. The summed E-state index contributed by atoms with van der Waals surface area (Å²) in [7, 11) is 0. The van der Waals surface area contributed by atoms with Crippen LogP contribution in [0.1, 0.15) is 12.5 Å². The summed E-state index contributed by atoms with van der Waals surface area (Å²) in [4.78, 5) is 16.7. The summed E-state index contributed by atoms with van der Waals surface area (Å²) >= 11 is 3.43. The number of imidazole rings is 1. The van der Waals surface area contributed by atoms with Crippen LogP contribution < -0.4 is 10.6 Å². The van der Waals surface area contributed by atoms with Gasteiger partial charge in [-0.1, -0.05) is 28.1 Å². The van der Waals surface area contributed by atoms with E-state index in [4.69, 9.17) is 4.74 Å². The SMILES string of the molecule is C[C@H]1OCCN[C@@H]1C(=O)Nc1nccn1Cc1ccc(Br)cc1.Cl. The molecule has 3 rings (SSSR count). The molecule has 2 atom stereocenters. The van der Waals surface area contributed by atoms with E-state index in [0.29, 0.717) is 25.6 Å². The zero-order chi connectivity index (χ0) is 16.2. The zero-order valence-electron chi connectivity index (χ0n) is 13.2. The third-order valence-electron chi connectivity index (χ3n) is 3.82. The molecule has 1 fully saturated rings. The second kappa shape index (κ2) is 8.62. The second-order valence-electron chi connectivity index (χ2n) is 5.50. The van der Waals surface area contributed by atoms with Gasteiger partial charge in [-0.25, -0.2) is 4.98 Å². The van der Waals surface area contributed by atoms with Crippen molar-refractivity contribution in [3.05, 3.63) is 46.7 Å². The maximum atomic E-state index is 12.4. The first-order chi connectivity index (χ1) is 11.1. The van der Waals surface area contributed by atoms with Crippen molar-refractivity contribution in [2.75, 3.05) is 18.5 Å². The molecule has 0 radical (unpaired) electrons. The van der Waals surface area contributed by atoms with Crippen molar-refractivity contribution in [2.24, 2.45) is 0 Å². The Labute approximate surface area is 155 Å². The minimum absolute atomic E-state index is 0. The van der Waals surface area contributed by atoms with E-state index < -0.39 is 0 Å². The Bertz CT molecular complexity index is 677. The molecule has 1 aliphatic heterocycles. The van der Waals surface area contributed by atoms with E-state index in [9.17, 15) is 4.79 Å². The van der Waals surface area contributed by atoms with Crippen molar-refractivity contribution in [3.8, 4) is 0 Å². The largest absolute Gasteiger partial charge is 0.375 e. The molecule has 1 amide bonds. The number of hydrogen-bond acceptors (Lipinski definition) is 4. The molecule has 1 aromatic carbocycles. The standard InChI is InChI=1S/C16H19BrN4O2.ClH/c1-11-14(18-7-9-23-11)15(22)20-16-19-6-8-21(16)10-12-2-4-13(17)5-3-12;/h2-6,8,11,14,18H,7,9-10H2,1H3,(H,19,20,22);1H/t11-,14+;/m1./s1. The number of anilines is 1. The topological polar surface area (TPSA) is 68.2 Å². The number of benzene rings is 1. The summed E-state index contributed by atoms with van der Waals surface area (Å²) in [5.74, 6) is 0.415. The highest BCUT2D eigenvalue weighted by Gasteiger charge is 2.28. The Hall–Kier alpha value is -1.41. The Balaban J connectivity index is 0.00000208. The minimum atomic E-state index is -0.360. The number of halogens is 2. The summed E-state index contributed by atoms with van der Waals surface area (Å²) in [5.41, 5.74) is 1.13. The first kappa shape index (κ1) is 18.9. The van der Waals surface area contributed by atoms with Crippen LogP contribution in [0.5, 0.6) is 0 Å². The fourth-order valence-corrected chi connectivity index (χ4v) is 2.83. The Morgan fingerprint density at radius 1 is 1.46 bits per heavy atom. The van der Waals surface area contributed by atoms with Gasteiger partial charge in [-0.05, 0) is 24.6 Å². The molecule has 0 aliphatic carbocycles. The molecule has 0 unspecified atom stereocenters. The molecule has 2 heterocycles. The van der Waals surface area contributed by atoms with Gasteiger partial charge in [0.1, 0.15) is 6.04 Å². The van der Waals surface area contributed by atoms with E-state index in [0.717, 1.165) is 10.0 Å². The summed E-state index contributed by atoms with van der Waals surface area (Å²) in [6.07, 6.45) is 3.38. The molecular weight excluding hydrogens is 396 g/mol. The maximum Gasteiger partial charge on any atom is 0.246 e. The summed E-state index contributed by atoms with van der Waals surface area (Å²) in [6, 6.07) is 7.70. The predicted molar refractivity (Wildman–Crippen MR) is 98.6 cm³/mol. The Morgan fingerprint density at radius 3 is 2.92 bits per heavy atom. The van der Waals surface area contributed by atoms with Crippen LogP contribution in [0.25, 0.3) is 0 Å². The number of ether oxygens (including phenoxy) is 1. The Kier molecular flexibility index (Phi) is 6.79. The zero-order valence-corrected chi connectivity index (χ0v) is 15.6. The second-order valence-corrected chi connectivity index (χ2v) is 6.42. The molecule has 1 aliphatic rings. The van der Waals surface area contributed by atoms with Crippen LogP contribution in [0.3, 0.4) is 0 Å². The van der Waals surface area contributed by atoms with E-state index in [1.54, 1.807) is 6.20 Å². The fourth-order valence-electron chi connectivity index (χ4n) is 2.56. The molecule has 130 valence electrons. The lowest BCUT2D eigenvalue weighted by molar-refractivity contribution is -0.123. The lowest BCUT2D eigenvalue weighted by atomic mass is 10.1. The monoisotopic (exact) mass is 414 g/mol. The number of carbonyl (C=O) groups excluding carboxylic acids is 1. The number of carbonyl (C=O) groups is 1. The van der Waals surface area contributed by atoms with Gasteiger partial charge in [0.2, 0.25) is 11.9 Å². The molecule has 0 saturated carbocycles. The van der Waals surface area contributed by atoms with Gasteiger partial charge in [-0.3, -0.25) is 10.1 Å². The van der Waals surface area contributed by atoms with Crippen molar-refractivity contribution in [1.82, 2.24) is 14.9 Å². The van der Waals surface area contributed by atoms with Crippen molar-refractivity contribution >= 4 is 40.2 Å². The van der Waals surface area contributed by atoms with Gasteiger partial charge in [0.15, 0.2) is 0 Å². The molecular formula is C16H20BrClN4O2. The quantitative estimate of drug-likeness (QED) is 0.805. The highest BCUT2D eigenvalue weighted by atomic mass is 79.9. The average Bonchev–Trinajstić information content (AvgIpc) is 2.97. The normalized spacial score (nSPS) is 20.2. The van der Waals surface area contributed by atoms with Gasteiger partial charge in [0.25, 0.3) is 0 Å². The average molecular weight is 416 g/mol. The molecule has 2 aromatic rings. The van der Waals surface area contributed by atoms with Crippen LogP contribution >= 0.6 is 28.3 Å². The number of nitrogens with zero attached hydrogens (tertiary/aromatic N) is 2. The molecule has 1 aromatic heterocycles. The van der Waals surface area contributed by atoms with Crippen molar-refractivity contribution < 1.29 is 9.53 Å². The number of nitrogens with one attached hydrogen (secondary N) is 2. The predicted octanol–water partition coefficient (Wildman–Crippen LogP) is 2.43. The van der Waals surface area contributed by atoms with Gasteiger partial charge in [-0.15, -0.1) is 12.4 Å². The third kappa shape index (κ3) is 4.57. The van der Waals surface area contributed by atoms with E-state index in [1.165, 1.54) is 0 Å². The van der Waals surface area contributed by atoms with Gasteiger partial charge < -0.3 is 14.6 Å². The summed E-state index contributed by atoms with van der Waals surface area (Å²) in [6.45, 7) is 3.84. The van der Waals surface area contributed by atoms with Gasteiger partial charge in [0.05, 0.1) is 19.3 Å². The number of hydrogen-bond donors (Lipinski definition) is 2. The van der Waals surface area contributed by atoms with Crippen LogP contribution in [-0.2, 0) is 16.1 Å². The van der Waals surface area contributed by atoms with Crippen molar-refractivity contribution in [1.29, 1.82) is 0 Å². The van der Waals surface area contributed by atoms with Crippen LogP contribution in [-0.4, -0.2) is 40.8 Å². The lowest BCUT2D eigenvalue weighted by Crippen LogP contribution is -2.53. The van der Waals surface area contributed by atoms with E-state index in [2.05, 4.69) is 31.5 Å². The van der Waals surface area contributed by atoms with Crippen molar-refractivity contribution in [2.45, 2.75) is 25.6 Å². The van der Waals surface area contributed by atoms with E-state index in [-0.39, 0.29) is 30.5 Å². The van der Waals surface area contributed by atoms with Crippen LogP contribution in [0.2, 0.25) is 0 Å². The maximum absolute atomic E-state index is 12.4. The molecule has 0 spiro atoms. The number of amides is 1. The van der Waals surface area contributed by atoms with Crippen LogP contribution in [0.4, 0.5) is 5.95 Å². The van der Waals surface area contributed by atoms with E-state index in [1.807, 2.05) is 42.0 Å². The molecule has 8 heteroatoms. The smallest absolute Gasteiger partial charge is 0.246 e. The van der Waals surface area contributed by atoms with Gasteiger partial charge >= 0.3 is 0 Å². The molecule has 6 nitrogen and oxygen atoms in total.